The van der Waals surface area contributed by atoms with Gasteiger partial charge in [0.1, 0.15) is 12.4 Å². The van der Waals surface area contributed by atoms with E-state index in [1.165, 1.54) is 36.4 Å². The molecule has 0 heterocycles. The number of ether oxygens (including phenoxy) is 1. The summed E-state index contributed by atoms with van der Waals surface area (Å²) in [5, 5.41) is 8.83. The minimum Gasteiger partial charge on any atom is -0.457 e. The molecule has 6 nitrogen and oxygen atoms in total. The number of hydrogen-bond acceptors (Lipinski definition) is 5. The fourth-order valence-corrected chi connectivity index (χ4v) is 3.45. The highest BCUT2D eigenvalue weighted by Gasteiger charge is 2.18. The molecule has 0 amide bonds. The van der Waals surface area contributed by atoms with Crippen molar-refractivity contribution in [3.8, 4) is 6.07 Å². The summed E-state index contributed by atoms with van der Waals surface area (Å²) in [7, 11) is -3.75. The summed E-state index contributed by atoms with van der Waals surface area (Å²) in [6, 6.07) is 10.7. The number of esters is 1. The van der Waals surface area contributed by atoms with E-state index in [4.69, 9.17) is 10.00 Å². The van der Waals surface area contributed by atoms with Crippen LogP contribution in [-0.4, -0.2) is 20.4 Å². The normalized spacial score (nSPS) is 11.2. The molecular formula is C18H17FN2O4S. The van der Waals surface area contributed by atoms with E-state index in [2.05, 4.69) is 4.72 Å². The van der Waals surface area contributed by atoms with Crippen LogP contribution in [0.3, 0.4) is 0 Å². The highest BCUT2D eigenvalue weighted by atomic mass is 32.2. The molecule has 2 aromatic rings. The van der Waals surface area contributed by atoms with Crippen molar-refractivity contribution < 1.29 is 22.3 Å². The Morgan fingerprint density at radius 2 is 2.00 bits per heavy atom. The molecule has 0 aliphatic carbocycles. The second kappa shape index (κ2) is 8.08. The second-order valence-corrected chi connectivity index (χ2v) is 7.51. The standard InChI is InChI=1S/C18H17FN2O4S/c1-12(2)21-26(23,24)16-5-3-4-14(9-16)18(22)25-11-15-8-13(10-20)6-7-17(15)19/h3-9,12,21H,11H2,1-2H3. The molecule has 2 aromatic carbocycles. The Bertz CT molecular complexity index is 965. The Balaban J connectivity index is 2.16. The molecule has 0 fully saturated rings. The fraction of sp³-hybridized carbons (Fsp3) is 0.222. The van der Waals surface area contributed by atoms with E-state index in [-0.39, 0.29) is 34.2 Å². The maximum absolute atomic E-state index is 13.7. The van der Waals surface area contributed by atoms with E-state index in [1.54, 1.807) is 13.8 Å². The zero-order chi connectivity index (χ0) is 19.3. The van der Waals surface area contributed by atoms with Gasteiger partial charge < -0.3 is 4.74 Å². The minimum atomic E-state index is -3.75. The van der Waals surface area contributed by atoms with Crippen molar-refractivity contribution in [2.24, 2.45) is 0 Å². The van der Waals surface area contributed by atoms with Crippen LogP contribution < -0.4 is 4.72 Å². The maximum Gasteiger partial charge on any atom is 0.338 e. The molecule has 0 bridgehead atoms. The van der Waals surface area contributed by atoms with Crippen molar-refractivity contribution in [1.82, 2.24) is 4.72 Å². The maximum atomic E-state index is 13.7. The van der Waals surface area contributed by atoms with Crippen LogP contribution in [0.1, 0.15) is 35.3 Å². The Kier molecular flexibility index (Phi) is 6.08. The van der Waals surface area contributed by atoms with E-state index >= 15 is 0 Å². The third-order valence-corrected chi connectivity index (χ3v) is 4.96. The quantitative estimate of drug-likeness (QED) is 0.782. The molecule has 1 N–H and O–H groups in total. The Morgan fingerprint density at radius 3 is 2.65 bits per heavy atom. The van der Waals surface area contributed by atoms with Gasteiger partial charge in [-0.15, -0.1) is 0 Å². The van der Waals surface area contributed by atoms with Crippen LogP contribution in [0.4, 0.5) is 4.39 Å². The molecular weight excluding hydrogens is 359 g/mol. The summed E-state index contributed by atoms with van der Waals surface area (Å²) in [6.07, 6.45) is 0. The minimum absolute atomic E-state index is 0.0217. The average Bonchev–Trinajstić information content (AvgIpc) is 2.60. The second-order valence-electron chi connectivity index (χ2n) is 5.80. The van der Waals surface area contributed by atoms with E-state index < -0.39 is 21.8 Å². The number of hydrogen-bond donors (Lipinski definition) is 1. The highest BCUT2D eigenvalue weighted by molar-refractivity contribution is 7.89. The first-order valence-corrected chi connectivity index (χ1v) is 9.19. The van der Waals surface area contributed by atoms with Crippen LogP contribution in [0.15, 0.2) is 47.4 Å². The molecule has 0 unspecified atom stereocenters. The number of nitrogens with zero attached hydrogens (tertiary/aromatic N) is 1. The molecule has 0 atom stereocenters. The van der Waals surface area contributed by atoms with Gasteiger partial charge >= 0.3 is 5.97 Å². The number of benzene rings is 2. The van der Waals surface area contributed by atoms with Gasteiger partial charge in [-0.3, -0.25) is 0 Å². The topological polar surface area (TPSA) is 96.3 Å². The molecule has 0 aromatic heterocycles. The SMILES string of the molecule is CC(C)NS(=O)(=O)c1cccc(C(=O)OCc2cc(C#N)ccc2F)c1. The fourth-order valence-electron chi connectivity index (χ4n) is 2.15. The first-order chi connectivity index (χ1) is 12.2. The Labute approximate surface area is 151 Å². The van der Waals surface area contributed by atoms with E-state index in [0.29, 0.717) is 0 Å². The molecule has 0 saturated heterocycles. The number of nitrogens with one attached hydrogen (secondary N) is 1. The predicted molar refractivity (Wildman–Crippen MR) is 92.1 cm³/mol. The molecule has 0 aliphatic heterocycles. The summed E-state index contributed by atoms with van der Waals surface area (Å²) >= 11 is 0. The van der Waals surface area contributed by atoms with Gasteiger partial charge in [0.25, 0.3) is 0 Å². The first kappa shape index (κ1) is 19.6. The van der Waals surface area contributed by atoms with Crippen LogP contribution in [0.5, 0.6) is 0 Å². The molecule has 0 aliphatic rings. The van der Waals surface area contributed by atoms with Gasteiger partial charge in [-0.05, 0) is 50.2 Å². The molecule has 0 radical (unpaired) electrons. The van der Waals surface area contributed by atoms with Gasteiger partial charge in [-0.25, -0.2) is 22.3 Å². The third kappa shape index (κ3) is 4.88. The van der Waals surface area contributed by atoms with Gasteiger partial charge in [0.15, 0.2) is 0 Å². The molecule has 2 rings (SSSR count). The van der Waals surface area contributed by atoms with Gasteiger partial charge in [-0.1, -0.05) is 6.07 Å². The number of carbonyl (C=O) groups excluding carboxylic acids is 1. The third-order valence-electron chi connectivity index (χ3n) is 3.30. The molecule has 0 saturated carbocycles. The number of halogens is 1. The summed E-state index contributed by atoms with van der Waals surface area (Å²) in [5.74, 6) is -1.40. The summed E-state index contributed by atoms with van der Waals surface area (Å²) in [4.78, 5) is 12.1. The van der Waals surface area contributed by atoms with Gasteiger partial charge in [-0.2, -0.15) is 5.26 Å². The number of carbonyl (C=O) groups is 1. The first-order valence-electron chi connectivity index (χ1n) is 7.71. The Hall–Kier alpha value is -2.76. The lowest BCUT2D eigenvalue weighted by atomic mass is 10.1. The average molecular weight is 376 g/mol. The number of rotatable bonds is 6. The Morgan fingerprint density at radius 1 is 1.27 bits per heavy atom. The molecule has 26 heavy (non-hydrogen) atoms. The molecule has 8 heteroatoms. The summed E-state index contributed by atoms with van der Waals surface area (Å²) in [6.45, 7) is 2.99. The molecule has 0 spiro atoms. The van der Waals surface area contributed by atoms with Crippen molar-refractivity contribution in [3.63, 3.8) is 0 Å². The zero-order valence-corrected chi connectivity index (χ0v) is 15.0. The monoisotopic (exact) mass is 376 g/mol. The largest absolute Gasteiger partial charge is 0.457 e. The van der Waals surface area contributed by atoms with E-state index in [9.17, 15) is 17.6 Å². The van der Waals surface area contributed by atoms with Crippen LogP contribution in [0.2, 0.25) is 0 Å². The number of sulfonamides is 1. The zero-order valence-electron chi connectivity index (χ0n) is 14.2. The summed E-state index contributed by atoms with van der Waals surface area (Å²) in [5.41, 5.74) is 0.321. The van der Waals surface area contributed by atoms with E-state index in [1.807, 2.05) is 6.07 Å². The lowest BCUT2D eigenvalue weighted by Gasteiger charge is -2.11. The highest BCUT2D eigenvalue weighted by Crippen LogP contribution is 2.15. The lowest BCUT2D eigenvalue weighted by molar-refractivity contribution is 0.0468. The van der Waals surface area contributed by atoms with Crippen LogP contribution >= 0.6 is 0 Å². The molecule has 136 valence electrons. The number of nitriles is 1. The van der Waals surface area contributed by atoms with Crippen LogP contribution in [0.25, 0.3) is 0 Å². The van der Waals surface area contributed by atoms with Gasteiger partial charge in [0.2, 0.25) is 10.0 Å². The van der Waals surface area contributed by atoms with Crippen LogP contribution in [-0.2, 0) is 21.4 Å². The van der Waals surface area contributed by atoms with Crippen molar-refractivity contribution in [2.75, 3.05) is 0 Å². The van der Waals surface area contributed by atoms with Crippen molar-refractivity contribution >= 4 is 16.0 Å². The van der Waals surface area contributed by atoms with Crippen molar-refractivity contribution in [1.29, 1.82) is 5.26 Å². The van der Waals surface area contributed by atoms with Gasteiger partial charge in [0.05, 0.1) is 22.1 Å². The van der Waals surface area contributed by atoms with Crippen molar-refractivity contribution in [3.05, 3.63) is 65.0 Å². The smallest absolute Gasteiger partial charge is 0.338 e. The van der Waals surface area contributed by atoms with E-state index in [0.717, 1.165) is 6.07 Å². The summed E-state index contributed by atoms with van der Waals surface area (Å²) < 4.78 is 45.5. The lowest BCUT2D eigenvalue weighted by Crippen LogP contribution is -2.30. The predicted octanol–water partition coefficient (Wildman–Crippen LogP) is 2.74. The van der Waals surface area contributed by atoms with Crippen LogP contribution in [0, 0.1) is 17.1 Å². The van der Waals surface area contributed by atoms with Gasteiger partial charge in [0, 0.05) is 11.6 Å². The van der Waals surface area contributed by atoms with Crippen molar-refractivity contribution in [2.45, 2.75) is 31.4 Å².